The number of nitrogens with one attached hydrogen (secondary N) is 1. The highest BCUT2D eigenvalue weighted by Crippen LogP contribution is 1.95. The molecule has 1 unspecified atom stereocenters. The number of unbranched alkanes of at least 4 members (excludes halogenated alkanes) is 1. The van der Waals surface area contributed by atoms with Gasteiger partial charge in [-0.2, -0.15) is 5.26 Å². The summed E-state index contributed by atoms with van der Waals surface area (Å²) in [6.45, 7) is 2.72. The Labute approximate surface area is 83.1 Å². The molecule has 0 heterocycles. The lowest BCUT2D eigenvalue weighted by Crippen LogP contribution is -2.36. The number of carbonyl (C=O) groups is 1. The number of hydrogen-bond acceptors (Lipinski definition) is 3. The Morgan fingerprint density at radius 1 is 1.77 bits per heavy atom. The highest BCUT2D eigenvalue weighted by Gasteiger charge is 2.19. The van der Waals surface area contributed by atoms with Crippen LogP contribution in [0.4, 0.5) is 0 Å². The molecule has 0 spiro atoms. The molecule has 4 nitrogen and oxygen atoms in total. The zero-order chi connectivity index (χ0) is 10.3. The molecule has 3 N–H and O–H groups in total. The predicted molar refractivity (Wildman–Crippen MR) is 53.8 cm³/mol. The molecular formula is C8H13N3OS. The SMILES string of the molecule is CCCCNC(=S)C(C#N)C(N)=O. The van der Waals surface area contributed by atoms with Gasteiger partial charge in [0.25, 0.3) is 0 Å². The fraction of sp³-hybridized carbons (Fsp3) is 0.625. The van der Waals surface area contributed by atoms with Gasteiger partial charge in [0, 0.05) is 6.54 Å². The molecule has 0 rings (SSSR count). The van der Waals surface area contributed by atoms with Crippen molar-refractivity contribution in [1.82, 2.24) is 5.32 Å². The molecule has 0 fully saturated rings. The maximum atomic E-state index is 10.7. The van der Waals surface area contributed by atoms with E-state index >= 15 is 0 Å². The number of hydrogen-bond donors (Lipinski definition) is 2. The first-order chi connectivity index (χ1) is 6.13. The van der Waals surface area contributed by atoms with E-state index in [2.05, 4.69) is 5.32 Å². The Balaban J connectivity index is 3.95. The van der Waals surface area contributed by atoms with Crippen molar-refractivity contribution < 1.29 is 4.79 Å². The summed E-state index contributed by atoms with van der Waals surface area (Å²) in [4.78, 5) is 10.9. The normalized spacial score (nSPS) is 11.4. The molecule has 0 aromatic carbocycles. The number of thiocarbonyl (C=S) groups is 1. The van der Waals surface area contributed by atoms with Crippen molar-refractivity contribution in [2.45, 2.75) is 19.8 Å². The summed E-state index contributed by atoms with van der Waals surface area (Å²) in [7, 11) is 0. The molecule has 0 aromatic heterocycles. The van der Waals surface area contributed by atoms with Crippen molar-refractivity contribution in [3.8, 4) is 6.07 Å². The first-order valence-corrected chi connectivity index (χ1v) is 4.51. The molecule has 0 saturated carbocycles. The van der Waals surface area contributed by atoms with Crippen molar-refractivity contribution in [2.75, 3.05) is 6.54 Å². The molecule has 0 aromatic rings. The smallest absolute Gasteiger partial charge is 0.241 e. The van der Waals surface area contributed by atoms with E-state index in [0.29, 0.717) is 6.54 Å². The van der Waals surface area contributed by atoms with Crippen molar-refractivity contribution in [1.29, 1.82) is 5.26 Å². The number of carbonyl (C=O) groups excluding carboxylic acids is 1. The van der Waals surface area contributed by atoms with Crippen LogP contribution in [0.3, 0.4) is 0 Å². The fourth-order valence-electron chi connectivity index (χ4n) is 0.742. The van der Waals surface area contributed by atoms with Gasteiger partial charge < -0.3 is 11.1 Å². The van der Waals surface area contributed by atoms with Crippen LogP contribution in [0.1, 0.15) is 19.8 Å². The van der Waals surface area contributed by atoms with E-state index in [9.17, 15) is 4.79 Å². The molecule has 0 saturated heterocycles. The van der Waals surface area contributed by atoms with Gasteiger partial charge in [0.05, 0.1) is 6.07 Å². The zero-order valence-corrected chi connectivity index (χ0v) is 8.36. The number of amides is 1. The van der Waals surface area contributed by atoms with Crippen LogP contribution in [0.5, 0.6) is 0 Å². The Morgan fingerprint density at radius 3 is 2.77 bits per heavy atom. The molecule has 0 bridgehead atoms. The van der Waals surface area contributed by atoms with E-state index < -0.39 is 11.8 Å². The maximum absolute atomic E-state index is 10.7. The standard InChI is InChI=1S/C8H13N3OS/c1-2-3-4-11-8(13)6(5-9)7(10)12/h6H,2-4H2,1H3,(H2,10,12)(H,11,13). The Kier molecular flexibility index (Phi) is 5.81. The maximum Gasteiger partial charge on any atom is 0.241 e. The quantitative estimate of drug-likeness (QED) is 0.494. The topological polar surface area (TPSA) is 78.9 Å². The summed E-state index contributed by atoms with van der Waals surface area (Å²) in [6, 6.07) is 1.75. The molecule has 5 heteroatoms. The zero-order valence-electron chi connectivity index (χ0n) is 7.54. The molecule has 0 aliphatic rings. The van der Waals surface area contributed by atoms with Crippen LogP contribution in [0.15, 0.2) is 0 Å². The van der Waals surface area contributed by atoms with Crippen LogP contribution in [0.25, 0.3) is 0 Å². The van der Waals surface area contributed by atoms with Crippen LogP contribution >= 0.6 is 12.2 Å². The second-order valence-electron chi connectivity index (χ2n) is 2.61. The lowest BCUT2D eigenvalue weighted by atomic mass is 10.1. The van der Waals surface area contributed by atoms with Gasteiger partial charge in [-0.05, 0) is 6.42 Å². The van der Waals surface area contributed by atoms with Gasteiger partial charge in [-0.25, -0.2) is 0 Å². The highest BCUT2D eigenvalue weighted by atomic mass is 32.1. The largest absolute Gasteiger partial charge is 0.378 e. The van der Waals surface area contributed by atoms with Gasteiger partial charge >= 0.3 is 0 Å². The van der Waals surface area contributed by atoms with Gasteiger partial charge in [-0.1, -0.05) is 25.6 Å². The van der Waals surface area contributed by atoms with Crippen molar-refractivity contribution in [2.24, 2.45) is 11.7 Å². The summed E-state index contributed by atoms with van der Waals surface area (Å²) in [6.07, 6.45) is 1.99. The average molecular weight is 199 g/mol. The highest BCUT2D eigenvalue weighted by molar-refractivity contribution is 7.80. The minimum atomic E-state index is -0.994. The summed E-state index contributed by atoms with van der Waals surface area (Å²) >= 11 is 4.83. The molecule has 13 heavy (non-hydrogen) atoms. The number of rotatable bonds is 5. The Hall–Kier alpha value is -1.15. The minimum Gasteiger partial charge on any atom is -0.378 e. The third kappa shape index (κ3) is 4.43. The summed E-state index contributed by atoms with van der Waals surface area (Å²) in [5.74, 6) is -1.69. The van der Waals surface area contributed by atoms with Gasteiger partial charge in [-0.15, -0.1) is 0 Å². The Morgan fingerprint density at radius 2 is 2.38 bits per heavy atom. The molecule has 0 radical (unpaired) electrons. The minimum absolute atomic E-state index is 0.225. The monoisotopic (exact) mass is 199 g/mol. The molecular weight excluding hydrogens is 186 g/mol. The predicted octanol–water partition coefficient (Wildman–Crippen LogP) is 0.329. The first kappa shape index (κ1) is 11.8. The number of nitrogens with zero attached hydrogens (tertiary/aromatic N) is 1. The number of primary amides is 1. The lowest BCUT2D eigenvalue weighted by molar-refractivity contribution is -0.118. The van der Waals surface area contributed by atoms with Gasteiger partial charge in [-0.3, -0.25) is 4.79 Å². The Bertz CT molecular complexity index is 234. The van der Waals surface area contributed by atoms with Gasteiger partial charge in [0.2, 0.25) is 5.91 Å². The third-order valence-electron chi connectivity index (χ3n) is 1.51. The van der Waals surface area contributed by atoms with E-state index in [4.69, 9.17) is 23.2 Å². The second kappa shape index (κ2) is 6.38. The van der Waals surface area contributed by atoms with Crippen LogP contribution in [0.2, 0.25) is 0 Å². The number of nitriles is 1. The van der Waals surface area contributed by atoms with Crippen LogP contribution in [0, 0.1) is 17.2 Å². The molecule has 0 aliphatic carbocycles. The fourth-order valence-corrected chi connectivity index (χ4v) is 1.01. The van der Waals surface area contributed by atoms with E-state index in [-0.39, 0.29) is 4.99 Å². The summed E-state index contributed by atoms with van der Waals surface area (Å²) in [5, 5.41) is 11.4. The van der Waals surface area contributed by atoms with Crippen LogP contribution in [-0.4, -0.2) is 17.4 Å². The lowest BCUT2D eigenvalue weighted by Gasteiger charge is -2.08. The van der Waals surface area contributed by atoms with Crippen molar-refractivity contribution >= 4 is 23.1 Å². The number of nitrogens with two attached hydrogens (primary N) is 1. The van der Waals surface area contributed by atoms with E-state index in [1.165, 1.54) is 0 Å². The van der Waals surface area contributed by atoms with Crippen LogP contribution in [-0.2, 0) is 4.79 Å². The summed E-state index contributed by atoms with van der Waals surface area (Å²) < 4.78 is 0. The third-order valence-corrected chi connectivity index (χ3v) is 1.89. The van der Waals surface area contributed by atoms with Gasteiger partial charge in [0.1, 0.15) is 4.99 Å². The average Bonchev–Trinajstić information content (AvgIpc) is 2.05. The summed E-state index contributed by atoms with van der Waals surface area (Å²) in [5.41, 5.74) is 4.96. The first-order valence-electron chi connectivity index (χ1n) is 4.10. The van der Waals surface area contributed by atoms with Crippen molar-refractivity contribution in [3.63, 3.8) is 0 Å². The van der Waals surface area contributed by atoms with E-state index in [1.54, 1.807) is 6.07 Å². The van der Waals surface area contributed by atoms with E-state index in [0.717, 1.165) is 12.8 Å². The van der Waals surface area contributed by atoms with E-state index in [1.807, 2.05) is 6.92 Å². The second-order valence-corrected chi connectivity index (χ2v) is 3.05. The van der Waals surface area contributed by atoms with Gasteiger partial charge in [0.15, 0.2) is 5.92 Å². The molecule has 1 atom stereocenters. The molecule has 1 amide bonds. The van der Waals surface area contributed by atoms with Crippen molar-refractivity contribution in [3.05, 3.63) is 0 Å². The van der Waals surface area contributed by atoms with Crippen LogP contribution < -0.4 is 11.1 Å². The molecule has 72 valence electrons. The molecule has 0 aliphatic heterocycles.